The molecule has 1 fully saturated rings. The zero-order valence-electron chi connectivity index (χ0n) is 11.1. The molecule has 106 valence electrons. The van der Waals surface area contributed by atoms with Gasteiger partial charge in [-0.1, -0.05) is 6.92 Å². The van der Waals surface area contributed by atoms with Crippen molar-refractivity contribution in [3.63, 3.8) is 0 Å². The molecule has 1 aromatic heterocycles. The summed E-state index contributed by atoms with van der Waals surface area (Å²) in [5.74, 6) is 0.125. The summed E-state index contributed by atoms with van der Waals surface area (Å²) in [4.78, 5) is 14.2. The lowest BCUT2D eigenvalue weighted by Gasteiger charge is -2.22. The van der Waals surface area contributed by atoms with Gasteiger partial charge in [-0.2, -0.15) is 4.37 Å². The van der Waals surface area contributed by atoms with Crippen LogP contribution in [0.25, 0.3) is 0 Å². The van der Waals surface area contributed by atoms with E-state index in [2.05, 4.69) is 16.6 Å². The minimum Gasteiger partial charge on any atom is -0.395 e. The molecule has 0 unspecified atom stereocenters. The monoisotopic (exact) mass is 284 g/mol. The quantitative estimate of drug-likeness (QED) is 0.689. The van der Waals surface area contributed by atoms with E-state index in [-0.39, 0.29) is 24.4 Å². The Morgan fingerprint density at radius 3 is 2.89 bits per heavy atom. The van der Waals surface area contributed by atoms with Gasteiger partial charge in [-0.25, -0.2) is 0 Å². The molecular weight excluding hydrogens is 264 g/mol. The third-order valence-electron chi connectivity index (χ3n) is 2.99. The summed E-state index contributed by atoms with van der Waals surface area (Å²) in [6.07, 6.45) is 3.00. The first-order valence-corrected chi connectivity index (χ1v) is 7.36. The average Bonchev–Trinajstić information content (AvgIpc) is 3.09. The maximum Gasteiger partial charge on any atom is 0.258 e. The van der Waals surface area contributed by atoms with Crippen LogP contribution in [0.2, 0.25) is 0 Å². The second-order valence-electron chi connectivity index (χ2n) is 4.71. The van der Waals surface area contributed by atoms with Crippen LogP contribution in [-0.2, 0) is 0 Å². The van der Waals surface area contributed by atoms with E-state index in [1.54, 1.807) is 0 Å². The molecule has 1 saturated carbocycles. The van der Waals surface area contributed by atoms with Crippen molar-refractivity contribution in [2.45, 2.75) is 32.2 Å². The number of nitrogens with zero attached hydrogens (tertiary/aromatic N) is 2. The van der Waals surface area contributed by atoms with Crippen LogP contribution in [0.4, 0.5) is 10.8 Å². The summed E-state index contributed by atoms with van der Waals surface area (Å²) in [5.41, 5.74) is 6.28. The largest absolute Gasteiger partial charge is 0.395 e. The maximum absolute atomic E-state index is 12.2. The van der Waals surface area contributed by atoms with Crippen molar-refractivity contribution in [2.75, 3.05) is 30.3 Å². The lowest BCUT2D eigenvalue weighted by Crippen LogP contribution is -2.31. The van der Waals surface area contributed by atoms with Crippen LogP contribution in [-0.4, -0.2) is 41.1 Å². The number of nitrogens with two attached hydrogens (primary N) is 1. The fourth-order valence-electron chi connectivity index (χ4n) is 1.91. The van der Waals surface area contributed by atoms with E-state index in [4.69, 9.17) is 10.8 Å². The van der Waals surface area contributed by atoms with Crippen molar-refractivity contribution in [1.82, 2.24) is 9.69 Å². The number of rotatable bonds is 7. The number of aliphatic hydroxyl groups is 1. The van der Waals surface area contributed by atoms with Gasteiger partial charge in [0.05, 0.1) is 6.61 Å². The number of hydrogen-bond donors (Lipinski definition) is 3. The molecule has 1 aromatic rings. The van der Waals surface area contributed by atoms with Crippen LogP contribution < -0.4 is 16.0 Å². The van der Waals surface area contributed by atoms with E-state index in [0.717, 1.165) is 30.8 Å². The number of anilines is 2. The second kappa shape index (κ2) is 6.21. The highest BCUT2D eigenvalue weighted by Crippen LogP contribution is 2.31. The number of nitrogens with one attached hydrogen (secondary N) is 1. The van der Waals surface area contributed by atoms with Gasteiger partial charge in [0.25, 0.3) is 5.91 Å². The fourth-order valence-corrected chi connectivity index (χ4v) is 2.78. The first kappa shape index (κ1) is 14.1. The van der Waals surface area contributed by atoms with Crippen LogP contribution in [0.5, 0.6) is 0 Å². The third kappa shape index (κ3) is 3.36. The predicted octanol–water partition coefficient (Wildman–Crippen LogP) is 0.826. The van der Waals surface area contributed by atoms with Gasteiger partial charge in [0.15, 0.2) is 5.82 Å². The van der Waals surface area contributed by atoms with Crippen LogP contribution in [0.15, 0.2) is 0 Å². The van der Waals surface area contributed by atoms with E-state index in [9.17, 15) is 4.79 Å². The number of amides is 1. The Morgan fingerprint density at radius 2 is 2.32 bits per heavy atom. The molecule has 7 heteroatoms. The number of aliphatic hydroxyl groups excluding tert-OH is 1. The molecule has 0 bridgehead atoms. The highest BCUT2D eigenvalue weighted by molar-refractivity contribution is 7.11. The van der Waals surface area contributed by atoms with E-state index < -0.39 is 0 Å². The number of hydrogen-bond acceptors (Lipinski definition) is 6. The van der Waals surface area contributed by atoms with Gasteiger partial charge >= 0.3 is 0 Å². The lowest BCUT2D eigenvalue weighted by atomic mass is 10.2. The standard InChI is InChI=1S/C12H20N4O2S/c1-2-5-16(6-7-17)12-9(10(13)15-19-12)11(18)14-8-3-4-8/h8,17H,2-7H2,1H3,(H2,13,15)(H,14,18). The zero-order valence-corrected chi connectivity index (χ0v) is 11.9. The van der Waals surface area contributed by atoms with Gasteiger partial charge in [0, 0.05) is 19.1 Å². The Labute approximate surface area is 116 Å². The molecule has 19 heavy (non-hydrogen) atoms. The molecule has 0 radical (unpaired) electrons. The van der Waals surface area contributed by atoms with Crippen molar-refractivity contribution in [2.24, 2.45) is 0 Å². The Kier molecular flexibility index (Phi) is 4.60. The Balaban J connectivity index is 2.20. The first-order chi connectivity index (χ1) is 9.17. The summed E-state index contributed by atoms with van der Waals surface area (Å²) >= 11 is 1.22. The highest BCUT2D eigenvalue weighted by Gasteiger charge is 2.28. The van der Waals surface area contributed by atoms with Gasteiger partial charge in [0.1, 0.15) is 10.6 Å². The van der Waals surface area contributed by atoms with Gasteiger partial charge in [-0.15, -0.1) is 0 Å². The van der Waals surface area contributed by atoms with Crippen molar-refractivity contribution >= 4 is 28.3 Å². The van der Waals surface area contributed by atoms with E-state index in [0.29, 0.717) is 12.1 Å². The fraction of sp³-hybridized carbons (Fsp3) is 0.667. The van der Waals surface area contributed by atoms with E-state index >= 15 is 0 Å². The molecule has 0 atom stereocenters. The predicted molar refractivity (Wildman–Crippen MR) is 76.6 cm³/mol. The van der Waals surface area contributed by atoms with Crippen molar-refractivity contribution < 1.29 is 9.90 Å². The topological polar surface area (TPSA) is 91.5 Å². The molecule has 2 rings (SSSR count). The molecule has 0 aliphatic heterocycles. The molecule has 1 heterocycles. The van der Waals surface area contributed by atoms with Crippen LogP contribution in [0.3, 0.4) is 0 Å². The summed E-state index contributed by atoms with van der Waals surface area (Å²) < 4.78 is 4.09. The Hall–Kier alpha value is -1.34. The number of carbonyl (C=O) groups excluding carboxylic acids is 1. The SMILES string of the molecule is CCCN(CCO)c1snc(N)c1C(=O)NC1CC1. The molecule has 0 saturated heterocycles. The zero-order chi connectivity index (χ0) is 13.8. The Morgan fingerprint density at radius 1 is 1.58 bits per heavy atom. The molecule has 1 amide bonds. The molecule has 0 spiro atoms. The summed E-state index contributed by atoms with van der Waals surface area (Å²) in [5, 5.41) is 12.8. The van der Waals surface area contributed by atoms with E-state index in [1.807, 2.05) is 4.90 Å². The van der Waals surface area contributed by atoms with Crippen LogP contribution >= 0.6 is 11.5 Å². The minimum atomic E-state index is -0.150. The van der Waals surface area contributed by atoms with Crippen molar-refractivity contribution in [3.8, 4) is 0 Å². The lowest BCUT2D eigenvalue weighted by molar-refractivity contribution is 0.0952. The Bertz CT molecular complexity index is 439. The number of nitrogen functional groups attached to an aromatic ring is 1. The smallest absolute Gasteiger partial charge is 0.258 e. The third-order valence-corrected chi connectivity index (χ3v) is 3.91. The molecule has 4 N–H and O–H groups in total. The first-order valence-electron chi connectivity index (χ1n) is 6.59. The molecule has 1 aliphatic carbocycles. The van der Waals surface area contributed by atoms with Gasteiger partial charge in [-0.3, -0.25) is 4.79 Å². The molecule has 6 nitrogen and oxygen atoms in total. The summed E-state index contributed by atoms with van der Waals surface area (Å²) in [6, 6.07) is 0.289. The van der Waals surface area contributed by atoms with Gasteiger partial charge < -0.3 is 21.1 Å². The molecular formula is C12H20N4O2S. The number of aromatic nitrogens is 1. The normalized spacial score (nSPS) is 14.4. The van der Waals surface area contributed by atoms with Crippen LogP contribution in [0.1, 0.15) is 36.5 Å². The van der Waals surface area contributed by atoms with Crippen LogP contribution in [0, 0.1) is 0 Å². The second-order valence-corrected chi connectivity index (χ2v) is 5.46. The molecule has 1 aliphatic rings. The van der Waals surface area contributed by atoms with Gasteiger partial charge in [0.2, 0.25) is 0 Å². The minimum absolute atomic E-state index is 0.0431. The maximum atomic E-state index is 12.2. The summed E-state index contributed by atoms with van der Waals surface area (Å²) in [7, 11) is 0. The van der Waals surface area contributed by atoms with Crippen molar-refractivity contribution in [3.05, 3.63) is 5.56 Å². The van der Waals surface area contributed by atoms with Gasteiger partial charge in [-0.05, 0) is 30.8 Å². The highest BCUT2D eigenvalue weighted by atomic mass is 32.1. The average molecular weight is 284 g/mol. The summed E-state index contributed by atoms with van der Waals surface area (Å²) in [6.45, 7) is 3.35. The van der Waals surface area contributed by atoms with E-state index in [1.165, 1.54) is 11.5 Å². The van der Waals surface area contributed by atoms with Crippen molar-refractivity contribution in [1.29, 1.82) is 0 Å². The number of carbonyl (C=O) groups is 1. The molecule has 0 aromatic carbocycles.